The maximum Gasteiger partial charge on any atom is 0.316 e. The summed E-state index contributed by atoms with van der Waals surface area (Å²) in [6.07, 6.45) is 1.87. The van der Waals surface area contributed by atoms with Gasteiger partial charge in [0.15, 0.2) is 0 Å². The van der Waals surface area contributed by atoms with Crippen LogP contribution in [0.25, 0.3) is 0 Å². The van der Waals surface area contributed by atoms with Crippen molar-refractivity contribution in [3.63, 3.8) is 0 Å². The molecule has 21 heavy (non-hydrogen) atoms. The van der Waals surface area contributed by atoms with Crippen molar-refractivity contribution < 1.29 is 4.79 Å². The van der Waals surface area contributed by atoms with Crippen molar-refractivity contribution in [2.24, 2.45) is 5.73 Å². The normalized spacial score (nSPS) is 11.9. The minimum atomic E-state index is -0.556. The zero-order valence-corrected chi connectivity index (χ0v) is 12.3. The molecule has 0 bridgehead atoms. The number of aromatic nitrogens is 1. The van der Waals surface area contributed by atoms with E-state index in [1.807, 2.05) is 43.5 Å². The standard InChI is InChI=1S/C16H20N4O/c1-11-3-6-15(19-9-11)10-18-12(2)13-4-7-14(8-5-13)20-16(17)21/h3-9,12,18H,10H2,1-2H3,(H3,17,20,21). The van der Waals surface area contributed by atoms with Crippen LogP contribution in [0.5, 0.6) is 0 Å². The summed E-state index contributed by atoms with van der Waals surface area (Å²) in [6, 6.07) is 11.3. The molecule has 110 valence electrons. The number of hydrogen-bond acceptors (Lipinski definition) is 3. The van der Waals surface area contributed by atoms with Gasteiger partial charge in [0.1, 0.15) is 0 Å². The van der Waals surface area contributed by atoms with Crippen LogP contribution in [-0.4, -0.2) is 11.0 Å². The number of urea groups is 1. The number of pyridine rings is 1. The summed E-state index contributed by atoms with van der Waals surface area (Å²) in [4.78, 5) is 15.1. The number of rotatable bonds is 5. The molecule has 4 N–H and O–H groups in total. The van der Waals surface area contributed by atoms with Crippen LogP contribution in [0, 0.1) is 6.92 Å². The van der Waals surface area contributed by atoms with E-state index in [9.17, 15) is 4.79 Å². The van der Waals surface area contributed by atoms with Gasteiger partial charge in [-0.15, -0.1) is 0 Å². The van der Waals surface area contributed by atoms with Crippen molar-refractivity contribution in [2.75, 3.05) is 5.32 Å². The van der Waals surface area contributed by atoms with E-state index in [2.05, 4.69) is 28.6 Å². The highest BCUT2D eigenvalue weighted by Crippen LogP contribution is 2.16. The van der Waals surface area contributed by atoms with Gasteiger partial charge in [0, 0.05) is 24.5 Å². The number of hydrogen-bond donors (Lipinski definition) is 3. The molecular formula is C16H20N4O. The zero-order valence-electron chi connectivity index (χ0n) is 12.3. The SMILES string of the molecule is Cc1ccc(CNC(C)c2ccc(NC(N)=O)cc2)nc1. The van der Waals surface area contributed by atoms with Crippen LogP contribution < -0.4 is 16.4 Å². The van der Waals surface area contributed by atoms with Crippen molar-refractivity contribution in [3.8, 4) is 0 Å². The van der Waals surface area contributed by atoms with Gasteiger partial charge in [-0.3, -0.25) is 4.98 Å². The first kappa shape index (κ1) is 15.0. The maximum atomic E-state index is 10.8. The summed E-state index contributed by atoms with van der Waals surface area (Å²) in [5.74, 6) is 0. The Bertz CT molecular complexity index is 593. The monoisotopic (exact) mass is 284 g/mol. The largest absolute Gasteiger partial charge is 0.351 e. The van der Waals surface area contributed by atoms with Gasteiger partial charge in [0.25, 0.3) is 0 Å². The predicted molar refractivity (Wildman–Crippen MR) is 83.9 cm³/mol. The van der Waals surface area contributed by atoms with Crippen molar-refractivity contribution >= 4 is 11.7 Å². The van der Waals surface area contributed by atoms with Gasteiger partial charge in [-0.1, -0.05) is 18.2 Å². The number of aryl methyl sites for hydroxylation is 1. The summed E-state index contributed by atoms with van der Waals surface area (Å²) < 4.78 is 0. The molecule has 0 aliphatic rings. The van der Waals surface area contributed by atoms with Crippen LogP contribution in [0.4, 0.5) is 10.5 Å². The summed E-state index contributed by atoms with van der Waals surface area (Å²) >= 11 is 0. The number of nitrogens with two attached hydrogens (primary N) is 1. The Hall–Kier alpha value is -2.40. The van der Waals surface area contributed by atoms with E-state index < -0.39 is 6.03 Å². The highest BCUT2D eigenvalue weighted by Gasteiger charge is 2.05. The Kier molecular flexibility index (Phi) is 4.90. The van der Waals surface area contributed by atoms with Gasteiger partial charge in [-0.05, 0) is 43.2 Å². The Morgan fingerprint density at radius 1 is 1.24 bits per heavy atom. The van der Waals surface area contributed by atoms with Gasteiger partial charge in [0.2, 0.25) is 0 Å². The third-order valence-electron chi connectivity index (χ3n) is 3.24. The van der Waals surface area contributed by atoms with Crippen LogP contribution in [-0.2, 0) is 6.54 Å². The Labute approximate surface area is 124 Å². The molecule has 0 aliphatic carbocycles. The average molecular weight is 284 g/mol. The molecule has 0 fully saturated rings. The molecule has 0 saturated heterocycles. The van der Waals surface area contributed by atoms with Crippen molar-refractivity contribution in [2.45, 2.75) is 26.4 Å². The van der Waals surface area contributed by atoms with Gasteiger partial charge in [-0.25, -0.2) is 4.79 Å². The first-order valence-corrected chi connectivity index (χ1v) is 6.86. The molecule has 1 heterocycles. The topological polar surface area (TPSA) is 80.0 Å². The van der Waals surface area contributed by atoms with Crippen LogP contribution in [0.2, 0.25) is 0 Å². The number of nitrogens with zero attached hydrogens (tertiary/aromatic N) is 1. The number of nitrogens with one attached hydrogen (secondary N) is 2. The molecule has 1 atom stereocenters. The lowest BCUT2D eigenvalue weighted by Gasteiger charge is -2.14. The molecule has 2 aromatic rings. The summed E-state index contributed by atoms with van der Waals surface area (Å²) in [6.45, 7) is 4.82. The molecule has 2 amide bonds. The van der Waals surface area contributed by atoms with Gasteiger partial charge >= 0.3 is 6.03 Å². The Morgan fingerprint density at radius 2 is 1.95 bits per heavy atom. The average Bonchev–Trinajstić information content (AvgIpc) is 2.46. The first-order valence-electron chi connectivity index (χ1n) is 6.86. The minimum Gasteiger partial charge on any atom is -0.351 e. The second-order valence-corrected chi connectivity index (χ2v) is 5.04. The van der Waals surface area contributed by atoms with E-state index in [0.29, 0.717) is 12.2 Å². The first-order chi connectivity index (χ1) is 10.0. The lowest BCUT2D eigenvalue weighted by atomic mass is 10.1. The second-order valence-electron chi connectivity index (χ2n) is 5.04. The van der Waals surface area contributed by atoms with Crippen LogP contribution in [0.15, 0.2) is 42.6 Å². The smallest absolute Gasteiger partial charge is 0.316 e. The molecule has 0 spiro atoms. The van der Waals surface area contributed by atoms with E-state index in [1.54, 1.807) is 0 Å². The number of amides is 2. The van der Waals surface area contributed by atoms with E-state index >= 15 is 0 Å². The lowest BCUT2D eigenvalue weighted by Crippen LogP contribution is -2.20. The molecule has 0 radical (unpaired) electrons. The number of carbonyl (C=O) groups excluding carboxylic acids is 1. The second kappa shape index (κ2) is 6.85. The maximum absolute atomic E-state index is 10.8. The molecule has 1 aromatic carbocycles. The number of carbonyl (C=O) groups is 1. The van der Waals surface area contributed by atoms with Crippen molar-refractivity contribution in [1.82, 2.24) is 10.3 Å². The number of benzene rings is 1. The number of anilines is 1. The molecule has 2 rings (SSSR count). The molecule has 1 unspecified atom stereocenters. The third-order valence-corrected chi connectivity index (χ3v) is 3.24. The summed E-state index contributed by atoms with van der Waals surface area (Å²) in [5, 5.41) is 5.96. The van der Waals surface area contributed by atoms with E-state index in [0.717, 1.165) is 16.8 Å². The molecule has 0 saturated carbocycles. The molecule has 5 nitrogen and oxygen atoms in total. The third kappa shape index (κ3) is 4.57. The Balaban J connectivity index is 1.92. The summed E-state index contributed by atoms with van der Waals surface area (Å²) in [5.41, 5.74) is 9.08. The number of primary amides is 1. The highest BCUT2D eigenvalue weighted by atomic mass is 16.2. The van der Waals surface area contributed by atoms with Crippen LogP contribution in [0.1, 0.15) is 29.8 Å². The quantitative estimate of drug-likeness (QED) is 0.789. The van der Waals surface area contributed by atoms with E-state index in [-0.39, 0.29) is 6.04 Å². The fraction of sp³-hybridized carbons (Fsp3) is 0.250. The van der Waals surface area contributed by atoms with Gasteiger partial charge < -0.3 is 16.4 Å². The van der Waals surface area contributed by atoms with Crippen molar-refractivity contribution in [1.29, 1.82) is 0 Å². The summed E-state index contributed by atoms with van der Waals surface area (Å²) in [7, 11) is 0. The van der Waals surface area contributed by atoms with E-state index in [4.69, 9.17) is 5.73 Å². The molecule has 1 aromatic heterocycles. The van der Waals surface area contributed by atoms with Crippen LogP contribution in [0.3, 0.4) is 0 Å². The van der Waals surface area contributed by atoms with Gasteiger partial charge in [0.05, 0.1) is 5.69 Å². The van der Waals surface area contributed by atoms with E-state index in [1.165, 1.54) is 0 Å². The van der Waals surface area contributed by atoms with Gasteiger partial charge in [-0.2, -0.15) is 0 Å². The predicted octanol–water partition coefficient (Wildman–Crippen LogP) is 2.73. The highest BCUT2D eigenvalue weighted by molar-refractivity contribution is 5.87. The van der Waals surface area contributed by atoms with Crippen LogP contribution >= 0.6 is 0 Å². The lowest BCUT2D eigenvalue weighted by molar-refractivity contribution is 0.259. The zero-order chi connectivity index (χ0) is 15.2. The fourth-order valence-electron chi connectivity index (χ4n) is 1.98. The molecule has 5 heteroatoms. The van der Waals surface area contributed by atoms with Crippen molar-refractivity contribution in [3.05, 3.63) is 59.4 Å². The minimum absolute atomic E-state index is 0.190. The Morgan fingerprint density at radius 3 is 2.52 bits per heavy atom. The molecule has 0 aliphatic heterocycles. The fourth-order valence-corrected chi connectivity index (χ4v) is 1.98. The molecular weight excluding hydrogens is 264 g/mol.